The molecule has 90 valence electrons. The fraction of sp³-hybridized carbons (Fsp3) is 0.500. The summed E-state index contributed by atoms with van der Waals surface area (Å²) in [6.45, 7) is 4.33. The Kier molecular flexibility index (Phi) is 4.38. The average Bonchev–Trinajstić information content (AvgIpc) is 2.27. The molecule has 0 radical (unpaired) electrons. The maximum Gasteiger partial charge on any atom is 0.263 e. The summed E-state index contributed by atoms with van der Waals surface area (Å²) >= 11 is 0. The standard InChI is InChI=1S/C12H17F2NO/c1-12(2,8-16)15-7-9-3-5-10(6-4-9)11(13)14/h3-6,11,15-16H,7-8H2,1-2H3. The van der Waals surface area contributed by atoms with E-state index in [9.17, 15) is 8.78 Å². The van der Waals surface area contributed by atoms with Gasteiger partial charge in [-0.15, -0.1) is 0 Å². The van der Waals surface area contributed by atoms with Crippen LogP contribution in [0.2, 0.25) is 0 Å². The van der Waals surface area contributed by atoms with Gasteiger partial charge in [0.2, 0.25) is 0 Å². The number of nitrogens with one attached hydrogen (secondary N) is 1. The quantitative estimate of drug-likeness (QED) is 0.813. The smallest absolute Gasteiger partial charge is 0.263 e. The molecule has 0 unspecified atom stereocenters. The molecule has 16 heavy (non-hydrogen) atoms. The Morgan fingerprint density at radius 2 is 1.81 bits per heavy atom. The second kappa shape index (κ2) is 5.37. The Morgan fingerprint density at radius 1 is 1.25 bits per heavy atom. The van der Waals surface area contributed by atoms with Crippen LogP contribution >= 0.6 is 0 Å². The molecular formula is C12H17F2NO. The van der Waals surface area contributed by atoms with E-state index in [0.717, 1.165) is 5.56 Å². The minimum atomic E-state index is -2.42. The molecule has 4 heteroatoms. The average molecular weight is 229 g/mol. The van der Waals surface area contributed by atoms with E-state index in [2.05, 4.69) is 5.32 Å². The first kappa shape index (κ1) is 13.1. The van der Waals surface area contributed by atoms with Gasteiger partial charge in [0.25, 0.3) is 6.43 Å². The number of aliphatic hydroxyl groups is 1. The lowest BCUT2D eigenvalue weighted by molar-refractivity contribution is 0.151. The largest absolute Gasteiger partial charge is 0.394 e. The zero-order valence-corrected chi connectivity index (χ0v) is 9.50. The topological polar surface area (TPSA) is 32.3 Å². The van der Waals surface area contributed by atoms with Crippen molar-refractivity contribution in [1.82, 2.24) is 5.32 Å². The molecule has 1 aromatic carbocycles. The van der Waals surface area contributed by atoms with Gasteiger partial charge in [-0.05, 0) is 19.4 Å². The van der Waals surface area contributed by atoms with Gasteiger partial charge in [0.05, 0.1) is 6.61 Å². The van der Waals surface area contributed by atoms with E-state index < -0.39 is 6.43 Å². The zero-order valence-electron chi connectivity index (χ0n) is 9.50. The van der Waals surface area contributed by atoms with Crippen molar-refractivity contribution in [2.75, 3.05) is 6.61 Å². The van der Waals surface area contributed by atoms with Gasteiger partial charge in [0.15, 0.2) is 0 Å². The Bertz CT molecular complexity index is 322. The molecule has 1 aromatic rings. The van der Waals surface area contributed by atoms with Crippen LogP contribution in [0.1, 0.15) is 31.4 Å². The third-order valence-electron chi connectivity index (χ3n) is 2.40. The highest BCUT2D eigenvalue weighted by Gasteiger charge is 2.14. The second-order valence-electron chi connectivity index (χ2n) is 4.44. The summed E-state index contributed by atoms with van der Waals surface area (Å²) in [5.74, 6) is 0. The minimum absolute atomic E-state index is 0.0299. The Hall–Kier alpha value is -1.00. The van der Waals surface area contributed by atoms with Crippen LogP contribution in [0.5, 0.6) is 0 Å². The molecule has 0 saturated carbocycles. The molecule has 1 rings (SSSR count). The predicted molar refractivity (Wildman–Crippen MR) is 59.4 cm³/mol. The molecule has 0 aliphatic carbocycles. The summed E-state index contributed by atoms with van der Waals surface area (Å²) in [4.78, 5) is 0. The van der Waals surface area contributed by atoms with Crippen LogP contribution in [0.3, 0.4) is 0 Å². The van der Waals surface area contributed by atoms with Crippen molar-refractivity contribution in [2.45, 2.75) is 32.4 Å². The third kappa shape index (κ3) is 3.87. The van der Waals surface area contributed by atoms with Gasteiger partial charge in [0.1, 0.15) is 0 Å². The van der Waals surface area contributed by atoms with Crippen LogP contribution in [0.15, 0.2) is 24.3 Å². The van der Waals surface area contributed by atoms with E-state index in [4.69, 9.17) is 5.11 Å². The van der Waals surface area contributed by atoms with Crippen LogP contribution in [-0.4, -0.2) is 17.3 Å². The highest BCUT2D eigenvalue weighted by molar-refractivity contribution is 5.23. The third-order valence-corrected chi connectivity index (χ3v) is 2.40. The van der Waals surface area contributed by atoms with Crippen LogP contribution in [-0.2, 0) is 6.54 Å². The van der Waals surface area contributed by atoms with E-state index >= 15 is 0 Å². The number of rotatable bonds is 5. The maximum atomic E-state index is 12.3. The molecule has 0 aliphatic rings. The first-order valence-corrected chi connectivity index (χ1v) is 5.17. The molecule has 2 N–H and O–H groups in total. The number of alkyl halides is 2. The lowest BCUT2D eigenvalue weighted by atomic mass is 10.1. The van der Waals surface area contributed by atoms with Crippen molar-refractivity contribution in [3.8, 4) is 0 Å². The maximum absolute atomic E-state index is 12.3. The fourth-order valence-corrected chi connectivity index (χ4v) is 1.18. The molecule has 0 saturated heterocycles. The van der Waals surface area contributed by atoms with Gasteiger partial charge in [-0.2, -0.15) is 0 Å². The molecule has 0 fully saturated rings. The first-order valence-electron chi connectivity index (χ1n) is 5.17. The van der Waals surface area contributed by atoms with Gasteiger partial charge in [-0.3, -0.25) is 0 Å². The van der Waals surface area contributed by atoms with E-state index in [-0.39, 0.29) is 17.7 Å². The molecule has 0 aromatic heterocycles. The predicted octanol–water partition coefficient (Wildman–Crippen LogP) is 2.48. The van der Waals surface area contributed by atoms with Gasteiger partial charge in [0, 0.05) is 17.6 Å². The van der Waals surface area contributed by atoms with Crippen molar-refractivity contribution in [3.05, 3.63) is 35.4 Å². The lowest BCUT2D eigenvalue weighted by Crippen LogP contribution is -2.42. The molecular weight excluding hydrogens is 212 g/mol. The first-order chi connectivity index (χ1) is 7.44. The molecule has 0 heterocycles. The van der Waals surface area contributed by atoms with E-state index in [1.807, 2.05) is 13.8 Å². The number of halogens is 2. The summed E-state index contributed by atoms with van der Waals surface area (Å²) in [6, 6.07) is 6.19. The molecule has 0 aliphatic heterocycles. The van der Waals surface area contributed by atoms with Gasteiger partial charge in [-0.25, -0.2) is 8.78 Å². The Balaban J connectivity index is 2.56. The number of aliphatic hydroxyl groups excluding tert-OH is 1. The number of hydrogen-bond acceptors (Lipinski definition) is 2. The summed E-state index contributed by atoms with van der Waals surface area (Å²) in [5, 5.41) is 12.2. The number of hydrogen-bond donors (Lipinski definition) is 2. The van der Waals surface area contributed by atoms with E-state index in [1.165, 1.54) is 12.1 Å². The molecule has 0 amide bonds. The highest BCUT2D eigenvalue weighted by atomic mass is 19.3. The minimum Gasteiger partial charge on any atom is -0.394 e. The van der Waals surface area contributed by atoms with Crippen molar-refractivity contribution >= 4 is 0 Å². The Morgan fingerprint density at radius 3 is 2.25 bits per heavy atom. The normalized spacial score (nSPS) is 12.1. The molecule has 0 bridgehead atoms. The van der Waals surface area contributed by atoms with Crippen LogP contribution < -0.4 is 5.32 Å². The molecule has 0 spiro atoms. The Labute approximate surface area is 94.3 Å². The van der Waals surface area contributed by atoms with Gasteiger partial charge < -0.3 is 10.4 Å². The van der Waals surface area contributed by atoms with Gasteiger partial charge >= 0.3 is 0 Å². The zero-order chi connectivity index (χ0) is 12.2. The SMILES string of the molecule is CC(C)(CO)NCc1ccc(C(F)F)cc1. The molecule has 0 atom stereocenters. The molecule has 2 nitrogen and oxygen atoms in total. The number of benzene rings is 1. The monoisotopic (exact) mass is 229 g/mol. The lowest BCUT2D eigenvalue weighted by Gasteiger charge is -2.23. The van der Waals surface area contributed by atoms with Crippen molar-refractivity contribution < 1.29 is 13.9 Å². The van der Waals surface area contributed by atoms with Crippen LogP contribution in [0, 0.1) is 0 Å². The van der Waals surface area contributed by atoms with Crippen molar-refractivity contribution in [2.24, 2.45) is 0 Å². The summed E-state index contributed by atoms with van der Waals surface area (Å²) in [6.07, 6.45) is -2.42. The summed E-state index contributed by atoms with van der Waals surface area (Å²) in [5.41, 5.74) is 0.595. The van der Waals surface area contributed by atoms with Crippen molar-refractivity contribution in [1.29, 1.82) is 0 Å². The fourth-order valence-electron chi connectivity index (χ4n) is 1.18. The van der Waals surface area contributed by atoms with Crippen LogP contribution in [0.4, 0.5) is 8.78 Å². The van der Waals surface area contributed by atoms with Crippen LogP contribution in [0.25, 0.3) is 0 Å². The van der Waals surface area contributed by atoms with E-state index in [0.29, 0.717) is 6.54 Å². The van der Waals surface area contributed by atoms with E-state index in [1.54, 1.807) is 12.1 Å². The second-order valence-corrected chi connectivity index (χ2v) is 4.44. The van der Waals surface area contributed by atoms with Crippen molar-refractivity contribution in [3.63, 3.8) is 0 Å². The summed E-state index contributed by atoms with van der Waals surface area (Å²) < 4.78 is 24.6. The highest BCUT2D eigenvalue weighted by Crippen LogP contribution is 2.18. The summed E-state index contributed by atoms with van der Waals surface area (Å²) in [7, 11) is 0. The van der Waals surface area contributed by atoms with Gasteiger partial charge in [-0.1, -0.05) is 24.3 Å².